The summed E-state index contributed by atoms with van der Waals surface area (Å²) in [4.78, 5) is 25.0. The van der Waals surface area contributed by atoms with Crippen molar-refractivity contribution >= 4 is 62.9 Å². The molecule has 0 fully saturated rings. The zero-order valence-corrected chi connectivity index (χ0v) is 36.1. The molecular formula is C36H48N4O12S4. The number of carbonyl (C=O) groups is 2. The van der Waals surface area contributed by atoms with E-state index in [0.717, 1.165) is 18.9 Å². The summed E-state index contributed by atoms with van der Waals surface area (Å²) in [5.41, 5.74) is 1.27. The summed E-state index contributed by atoms with van der Waals surface area (Å²) in [6, 6.07) is 12.6. The molecule has 0 saturated carbocycles. The van der Waals surface area contributed by atoms with Gasteiger partial charge in [0.05, 0.1) is 31.0 Å². The number of aryl methyl sites for hydroxylation is 1. The van der Waals surface area contributed by atoms with Gasteiger partial charge in [0.15, 0.2) is 39.3 Å². The van der Waals surface area contributed by atoms with Crippen molar-refractivity contribution in [2.24, 2.45) is 5.41 Å². The Balaban J connectivity index is 0.000000301. The number of nitrogens with one attached hydrogen (secondary N) is 2. The van der Waals surface area contributed by atoms with Gasteiger partial charge in [-0.2, -0.15) is 0 Å². The van der Waals surface area contributed by atoms with E-state index in [1.54, 1.807) is 12.1 Å². The van der Waals surface area contributed by atoms with Crippen molar-refractivity contribution in [3.63, 3.8) is 0 Å². The standard InChI is InChI=1S/C19H26N2O6S2.C17H22N2O6S2/c1-18(2,3)12-13-11-16(27-21-13)20-17(22)19(4,5)29(25,26)15-9-7-14(8-10-15)28(6,23)24;1-5-6-12-11-15(25-19-12)18-16(20)17(2,3)27(23,24)14-9-7-13(8-10-14)26(4,21)22/h7-11H,12H2,1-6H3,(H,20,22);7-11H,5-6H2,1-4H3,(H,18,20). The average Bonchev–Trinajstić information content (AvgIpc) is 3.71. The molecule has 56 heavy (non-hydrogen) atoms. The second-order valence-corrected chi connectivity index (χ2v) is 24.3. The van der Waals surface area contributed by atoms with Crippen molar-refractivity contribution in [3.8, 4) is 0 Å². The lowest BCUT2D eigenvalue weighted by Crippen LogP contribution is -2.44. The monoisotopic (exact) mass is 856 g/mol. The summed E-state index contributed by atoms with van der Waals surface area (Å²) >= 11 is 0. The van der Waals surface area contributed by atoms with Crippen LogP contribution in [0.4, 0.5) is 11.8 Å². The number of sulfone groups is 4. The highest BCUT2D eigenvalue weighted by atomic mass is 32.2. The van der Waals surface area contributed by atoms with Gasteiger partial charge in [-0.15, -0.1) is 0 Å². The summed E-state index contributed by atoms with van der Waals surface area (Å²) in [6.07, 6.45) is 4.20. The molecule has 4 aromatic rings. The third kappa shape index (κ3) is 10.9. The van der Waals surface area contributed by atoms with Crippen LogP contribution in [0.2, 0.25) is 0 Å². The number of hydrogen-bond donors (Lipinski definition) is 2. The van der Waals surface area contributed by atoms with Crippen molar-refractivity contribution in [2.75, 3.05) is 23.1 Å². The third-order valence-corrected chi connectivity index (χ3v) is 15.5. The molecule has 2 N–H and O–H groups in total. The molecule has 20 heteroatoms. The molecule has 2 aromatic heterocycles. The minimum absolute atomic E-state index is 0.00572. The van der Waals surface area contributed by atoms with E-state index in [1.807, 2.05) is 27.7 Å². The largest absolute Gasteiger partial charge is 0.338 e. The van der Waals surface area contributed by atoms with Crippen LogP contribution in [0.1, 0.15) is 73.2 Å². The first-order valence-electron chi connectivity index (χ1n) is 17.1. The van der Waals surface area contributed by atoms with E-state index in [4.69, 9.17) is 9.05 Å². The molecule has 0 bridgehead atoms. The molecular weight excluding hydrogens is 809 g/mol. The quantitative estimate of drug-likeness (QED) is 0.178. The predicted octanol–water partition coefficient (Wildman–Crippen LogP) is 5.08. The van der Waals surface area contributed by atoms with E-state index in [9.17, 15) is 43.3 Å². The van der Waals surface area contributed by atoms with Crippen molar-refractivity contribution in [1.82, 2.24) is 10.3 Å². The molecule has 16 nitrogen and oxygen atoms in total. The van der Waals surface area contributed by atoms with Crippen molar-refractivity contribution in [2.45, 2.75) is 104 Å². The van der Waals surface area contributed by atoms with Crippen LogP contribution < -0.4 is 10.6 Å². The fraction of sp³-hybridized carbons (Fsp3) is 0.444. The Hall–Kier alpha value is -4.40. The zero-order chi connectivity index (χ0) is 42.7. The number of benzene rings is 2. The third-order valence-electron chi connectivity index (χ3n) is 8.37. The summed E-state index contributed by atoms with van der Waals surface area (Å²) in [7, 11) is -15.1. The highest BCUT2D eigenvalue weighted by Gasteiger charge is 2.44. The van der Waals surface area contributed by atoms with Crippen LogP contribution >= 0.6 is 0 Å². The van der Waals surface area contributed by atoms with Gasteiger partial charge >= 0.3 is 0 Å². The van der Waals surface area contributed by atoms with Crippen LogP contribution in [0, 0.1) is 5.41 Å². The van der Waals surface area contributed by atoms with Crippen LogP contribution in [0.15, 0.2) is 89.3 Å². The molecule has 0 atom stereocenters. The lowest BCUT2D eigenvalue weighted by molar-refractivity contribution is -0.118. The highest BCUT2D eigenvalue weighted by Crippen LogP contribution is 2.30. The van der Waals surface area contributed by atoms with Gasteiger partial charge in [0.25, 0.3) is 0 Å². The van der Waals surface area contributed by atoms with E-state index in [2.05, 4.69) is 20.9 Å². The van der Waals surface area contributed by atoms with Crippen LogP contribution in [-0.4, -0.2) is 77.8 Å². The van der Waals surface area contributed by atoms with Crippen molar-refractivity contribution in [1.29, 1.82) is 0 Å². The molecule has 2 aromatic carbocycles. The van der Waals surface area contributed by atoms with Gasteiger partial charge in [-0.25, -0.2) is 33.7 Å². The van der Waals surface area contributed by atoms with Gasteiger partial charge in [0, 0.05) is 24.6 Å². The molecule has 2 heterocycles. The highest BCUT2D eigenvalue weighted by molar-refractivity contribution is 7.94. The fourth-order valence-electron chi connectivity index (χ4n) is 4.83. The Bertz CT molecular complexity index is 2490. The van der Waals surface area contributed by atoms with Gasteiger partial charge in [-0.05, 0) is 94.5 Å². The smallest absolute Gasteiger partial charge is 0.248 e. The van der Waals surface area contributed by atoms with Crippen LogP contribution in [-0.2, 0) is 61.8 Å². The number of rotatable bonds is 13. The predicted molar refractivity (Wildman–Crippen MR) is 209 cm³/mol. The molecule has 0 aliphatic carbocycles. The van der Waals surface area contributed by atoms with E-state index in [0.29, 0.717) is 24.2 Å². The number of aromatic nitrogens is 2. The molecule has 2 amide bonds. The Morgan fingerprint density at radius 2 is 0.893 bits per heavy atom. The van der Waals surface area contributed by atoms with Crippen molar-refractivity contribution < 1.29 is 52.3 Å². The molecule has 0 spiro atoms. The van der Waals surface area contributed by atoms with Gasteiger partial charge in [-0.1, -0.05) is 44.4 Å². The first kappa shape index (κ1) is 46.0. The van der Waals surface area contributed by atoms with E-state index < -0.39 is 60.7 Å². The number of amides is 2. The fourth-order valence-corrected chi connectivity index (χ4v) is 8.85. The van der Waals surface area contributed by atoms with Gasteiger partial charge < -0.3 is 9.05 Å². The van der Waals surface area contributed by atoms with Crippen LogP contribution in [0.3, 0.4) is 0 Å². The minimum atomic E-state index is -4.11. The number of nitrogens with zero attached hydrogens (tertiary/aromatic N) is 2. The molecule has 0 aliphatic heterocycles. The SMILES string of the molecule is CC(C)(C)Cc1cc(NC(=O)C(C)(C)S(=O)(=O)c2ccc(S(C)(=O)=O)cc2)on1.CCCc1cc(NC(=O)C(C)(C)S(=O)(=O)c2ccc(S(C)(=O)=O)cc2)on1. The lowest BCUT2D eigenvalue weighted by atomic mass is 9.91. The maximum atomic E-state index is 13.0. The normalized spacial score (nSPS) is 13.0. The summed E-state index contributed by atoms with van der Waals surface area (Å²) in [6.45, 7) is 13.2. The second-order valence-electron chi connectivity index (χ2n) is 15.3. The first-order chi connectivity index (χ1) is 25.4. The first-order valence-corrected chi connectivity index (χ1v) is 23.8. The number of hydrogen-bond acceptors (Lipinski definition) is 14. The molecule has 4 rings (SSSR count). The van der Waals surface area contributed by atoms with Gasteiger partial charge in [0.1, 0.15) is 9.49 Å². The second kappa shape index (κ2) is 16.6. The van der Waals surface area contributed by atoms with E-state index in [1.165, 1.54) is 76.2 Å². The van der Waals surface area contributed by atoms with Crippen LogP contribution in [0.5, 0.6) is 0 Å². The maximum absolute atomic E-state index is 13.0. The molecule has 0 saturated heterocycles. The average molecular weight is 857 g/mol. The molecule has 0 radical (unpaired) electrons. The molecule has 0 unspecified atom stereocenters. The lowest BCUT2D eigenvalue weighted by Gasteiger charge is -2.23. The van der Waals surface area contributed by atoms with Gasteiger partial charge in [0.2, 0.25) is 23.6 Å². The van der Waals surface area contributed by atoms with Crippen LogP contribution in [0.25, 0.3) is 0 Å². The Morgan fingerprint density at radius 1 is 0.571 bits per heavy atom. The number of anilines is 2. The zero-order valence-electron chi connectivity index (χ0n) is 32.8. The van der Waals surface area contributed by atoms with Gasteiger partial charge in [-0.3, -0.25) is 20.2 Å². The summed E-state index contributed by atoms with van der Waals surface area (Å²) < 4.78 is 104. The van der Waals surface area contributed by atoms with E-state index in [-0.39, 0.29) is 36.8 Å². The minimum Gasteiger partial charge on any atom is -0.338 e. The number of carbonyl (C=O) groups excluding carboxylic acids is 2. The summed E-state index contributed by atoms with van der Waals surface area (Å²) in [5.74, 6) is -1.44. The molecule has 308 valence electrons. The maximum Gasteiger partial charge on any atom is 0.248 e. The Morgan fingerprint density at radius 3 is 1.21 bits per heavy atom. The topological polar surface area (TPSA) is 247 Å². The Labute approximate surface area is 328 Å². The Kier molecular flexibility index (Phi) is 13.6. The van der Waals surface area contributed by atoms with Crippen molar-refractivity contribution in [3.05, 3.63) is 72.1 Å². The molecule has 0 aliphatic rings. The summed E-state index contributed by atoms with van der Waals surface area (Å²) in [5, 5.41) is 12.6. The van der Waals surface area contributed by atoms with E-state index >= 15 is 0 Å².